The summed E-state index contributed by atoms with van der Waals surface area (Å²) in [6.07, 6.45) is 6.91. The Labute approximate surface area is 147 Å². The summed E-state index contributed by atoms with van der Waals surface area (Å²) < 4.78 is 2.18. The molecule has 3 heterocycles. The van der Waals surface area contributed by atoms with Gasteiger partial charge in [0.05, 0.1) is 10.5 Å². The van der Waals surface area contributed by atoms with Gasteiger partial charge in [-0.3, -0.25) is 14.3 Å². The molecule has 2 aromatic rings. The quantitative estimate of drug-likeness (QED) is 0.731. The lowest BCUT2D eigenvalue weighted by Gasteiger charge is -2.22. The molecule has 1 fully saturated rings. The summed E-state index contributed by atoms with van der Waals surface area (Å²) in [4.78, 5) is 26.9. The third kappa shape index (κ3) is 4.01. The standard InChI is InChI=1S/C14H16BrN5O2.ClH/c15-10-7-17-8-12(13(10)21)18-14(22)11-3-5-20(19-11)9-2-1-4-16-6-9;/h3,5,7-9,16H,1-2,4,6H2,(H,17,21)(H,18,22);1H. The van der Waals surface area contributed by atoms with Crippen molar-refractivity contribution in [3.05, 3.63) is 45.0 Å². The zero-order valence-electron chi connectivity index (χ0n) is 12.2. The minimum absolute atomic E-state index is 0. The molecule has 0 spiro atoms. The van der Waals surface area contributed by atoms with Crippen molar-refractivity contribution in [1.29, 1.82) is 0 Å². The zero-order chi connectivity index (χ0) is 15.5. The zero-order valence-corrected chi connectivity index (χ0v) is 14.6. The molecule has 3 N–H and O–H groups in total. The fourth-order valence-electron chi connectivity index (χ4n) is 2.46. The van der Waals surface area contributed by atoms with Crippen molar-refractivity contribution in [2.45, 2.75) is 18.9 Å². The summed E-state index contributed by atoms with van der Waals surface area (Å²) in [7, 11) is 0. The van der Waals surface area contributed by atoms with Crippen LogP contribution in [0.2, 0.25) is 0 Å². The van der Waals surface area contributed by atoms with E-state index in [9.17, 15) is 9.59 Å². The molecule has 1 aliphatic heterocycles. The molecule has 0 aliphatic carbocycles. The molecule has 9 heteroatoms. The van der Waals surface area contributed by atoms with E-state index in [0.717, 1.165) is 25.9 Å². The summed E-state index contributed by atoms with van der Waals surface area (Å²) in [5.41, 5.74) is 0.209. The van der Waals surface area contributed by atoms with Gasteiger partial charge in [-0.1, -0.05) is 0 Å². The van der Waals surface area contributed by atoms with Crippen molar-refractivity contribution in [2.24, 2.45) is 0 Å². The normalized spacial score (nSPS) is 17.3. The molecule has 7 nitrogen and oxygen atoms in total. The first-order valence-electron chi connectivity index (χ1n) is 7.09. The highest BCUT2D eigenvalue weighted by Crippen LogP contribution is 2.16. The molecule has 0 radical (unpaired) electrons. The van der Waals surface area contributed by atoms with E-state index in [1.165, 1.54) is 12.4 Å². The van der Waals surface area contributed by atoms with Crippen LogP contribution in [0.5, 0.6) is 0 Å². The predicted molar refractivity (Wildman–Crippen MR) is 93.3 cm³/mol. The van der Waals surface area contributed by atoms with Gasteiger partial charge in [0.1, 0.15) is 5.69 Å². The fraction of sp³-hybridized carbons (Fsp3) is 0.357. The maximum absolute atomic E-state index is 12.2. The molecule has 124 valence electrons. The molecule has 0 saturated carbocycles. The Morgan fingerprint density at radius 2 is 2.26 bits per heavy atom. The first kappa shape index (κ1) is 17.7. The van der Waals surface area contributed by atoms with Gasteiger partial charge in [-0.25, -0.2) is 0 Å². The van der Waals surface area contributed by atoms with Crippen LogP contribution in [0, 0.1) is 0 Å². The van der Waals surface area contributed by atoms with Crippen LogP contribution in [0.1, 0.15) is 29.4 Å². The molecule has 1 amide bonds. The number of pyridine rings is 1. The van der Waals surface area contributed by atoms with Crippen LogP contribution in [-0.2, 0) is 0 Å². The molecule has 1 atom stereocenters. The average Bonchev–Trinajstić information content (AvgIpc) is 3.03. The first-order chi connectivity index (χ1) is 10.6. The van der Waals surface area contributed by atoms with Crippen molar-refractivity contribution in [3.8, 4) is 0 Å². The number of rotatable bonds is 3. The number of halogens is 2. The van der Waals surface area contributed by atoms with Crippen LogP contribution in [-0.4, -0.2) is 33.8 Å². The number of nitrogens with one attached hydrogen (secondary N) is 3. The van der Waals surface area contributed by atoms with Gasteiger partial charge in [0, 0.05) is 25.1 Å². The summed E-state index contributed by atoms with van der Waals surface area (Å²) in [5, 5.41) is 10.2. The average molecular weight is 403 g/mol. The molecule has 1 aliphatic rings. The summed E-state index contributed by atoms with van der Waals surface area (Å²) in [6.45, 7) is 1.88. The van der Waals surface area contributed by atoms with Crippen molar-refractivity contribution >= 4 is 39.9 Å². The Hall–Kier alpha value is -1.64. The predicted octanol–water partition coefficient (Wildman–Crippen LogP) is 1.93. The Morgan fingerprint density at radius 1 is 1.43 bits per heavy atom. The molecule has 3 rings (SSSR count). The van der Waals surface area contributed by atoms with Crippen LogP contribution in [0.15, 0.2) is 33.9 Å². The largest absolute Gasteiger partial charge is 0.365 e. The number of amides is 1. The number of H-pyrrole nitrogens is 1. The lowest BCUT2D eigenvalue weighted by atomic mass is 10.1. The first-order valence-corrected chi connectivity index (χ1v) is 7.88. The maximum Gasteiger partial charge on any atom is 0.276 e. The molecule has 23 heavy (non-hydrogen) atoms. The number of carbonyl (C=O) groups excluding carboxylic acids is 1. The van der Waals surface area contributed by atoms with Gasteiger partial charge in [-0.2, -0.15) is 5.10 Å². The van der Waals surface area contributed by atoms with Gasteiger partial charge in [-0.05, 0) is 41.4 Å². The van der Waals surface area contributed by atoms with E-state index in [2.05, 4.69) is 36.6 Å². The van der Waals surface area contributed by atoms with E-state index in [1.807, 2.05) is 4.68 Å². The highest BCUT2D eigenvalue weighted by atomic mass is 79.9. The van der Waals surface area contributed by atoms with Crippen LogP contribution >= 0.6 is 28.3 Å². The Balaban J connectivity index is 0.00000192. The molecule has 1 unspecified atom stereocenters. The molecule has 2 aromatic heterocycles. The van der Waals surface area contributed by atoms with Crippen LogP contribution in [0.25, 0.3) is 0 Å². The Bertz CT molecular complexity index is 739. The number of aromatic amines is 1. The van der Waals surface area contributed by atoms with Crippen molar-refractivity contribution in [2.75, 3.05) is 18.4 Å². The van der Waals surface area contributed by atoms with Gasteiger partial charge in [0.2, 0.25) is 5.43 Å². The summed E-state index contributed by atoms with van der Waals surface area (Å²) in [6, 6.07) is 1.93. The number of nitrogens with zero attached hydrogens (tertiary/aromatic N) is 2. The van der Waals surface area contributed by atoms with Gasteiger partial charge >= 0.3 is 0 Å². The second-order valence-corrected chi connectivity index (χ2v) is 6.04. The second kappa shape index (κ2) is 7.76. The minimum atomic E-state index is -0.397. The summed E-state index contributed by atoms with van der Waals surface area (Å²) in [5.74, 6) is -0.397. The molecular formula is C14H17BrClN5O2. The molecule has 0 aromatic carbocycles. The number of hydrogen-bond acceptors (Lipinski definition) is 4. The number of hydrogen-bond donors (Lipinski definition) is 3. The number of anilines is 1. The lowest BCUT2D eigenvalue weighted by molar-refractivity contribution is 0.102. The van der Waals surface area contributed by atoms with Gasteiger partial charge in [0.25, 0.3) is 5.91 Å². The monoisotopic (exact) mass is 401 g/mol. The van der Waals surface area contributed by atoms with Gasteiger partial charge < -0.3 is 15.6 Å². The van der Waals surface area contributed by atoms with Gasteiger partial charge in [0.15, 0.2) is 5.69 Å². The third-order valence-corrected chi connectivity index (χ3v) is 4.22. The Morgan fingerprint density at radius 3 is 3.00 bits per heavy atom. The molecule has 0 bridgehead atoms. The highest BCUT2D eigenvalue weighted by Gasteiger charge is 2.18. The van der Waals surface area contributed by atoms with Crippen LogP contribution in [0.3, 0.4) is 0 Å². The SMILES string of the molecule is Cl.O=C(Nc1c[nH]cc(Br)c1=O)c1ccn(C2CCCNC2)n1. The fourth-order valence-corrected chi connectivity index (χ4v) is 2.80. The topological polar surface area (TPSA) is 91.8 Å². The highest BCUT2D eigenvalue weighted by molar-refractivity contribution is 9.10. The van der Waals surface area contributed by atoms with Gasteiger partial charge in [-0.15, -0.1) is 12.4 Å². The second-order valence-electron chi connectivity index (χ2n) is 5.18. The van der Waals surface area contributed by atoms with Crippen molar-refractivity contribution in [1.82, 2.24) is 20.1 Å². The Kier molecular flexibility index (Phi) is 5.97. The minimum Gasteiger partial charge on any atom is -0.365 e. The number of carbonyl (C=O) groups is 1. The third-order valence-electron chi connectivity index (χ3n) is 3.63. The van der Waals surface area contributed by atoms with E-state index in [-0.39, 0.29) is 29.6 Å². The van der Waals surface area contributed by atoms with E-state index < -0.39 is 5.91 Å². The van der Waals surface area contributed by atoms with E-state index >= 15 is 0 Å². The lowest BCUT2D eigenvalue weighted by Crippen LogP contribution is -2.32. The summed E-state index contributed by atoms with van der Waals surface area (Å²) >= 11 is 3.13. The number of aromatic nitrogens is 3. The van der Waals surface area contributed by atoms with E-state index in [4.69, 9.17) is 0 Å². The van der Waals surface area contributed by atoms with Crippen LogP contribution < -0.4 is 16.1 Å². The van der Waals surface area contributed by atoms with E-state index in [0.29, 0.717) is 10.2 Å². The van der Waals surface area contributed by atoms with Crippen molar-refractivity contribution in [3.63, 3.8) is 0 Å². The molecular weight excluding hydrogens is 386 g/mol. The smallest absolute Gasteiger partial charge is 0.276 e. The van der Waals surface area contributed by atoms with Crippen molar-refractivity contribution < 1.29 is 4.79 Å². The van der Waals surface area contributed by atoms with Crippen LogP contribution in [0.4, 0.5) is 5.69 Å². The number of piperidine rings is 1. The molecule has 1 saturated heterocycles. The van der Waals surface area contributed by atoms with E-state index in [1.54, 1.807) is 12.3 Å². The maximum atomic E-state index is 12.2.